The van der Waals surface area contributed by atoms with E-state index in [2.05, 4.69) is 31.4 Å². The number of ether oxygens (including phenoxy) is 3. The molecule has 0 aliphatic rings. The third kappa shape index (κ3) is 5.16. The topological polar surface area (TPSA) is 125 Å². The van der Waals surface area contributed by atoms with Gasteiger partial charge in [0.25, 0.3) is 5.69 Å². The normalized spacial score (nSPS) is 10.7. The Labute approximate surface area is 172 Å². The summed E-state index contributed by atoms with van der Waals surface area (Å²) in [4.78, 5) is 26.4. The first-order valence-electron chi connectivity index (χ1n) is 7.89. The van der Waals surface area contributed by atoms with Crippen molar-refractivity contribution < 1.29 is 23.9 Å². The van der Waals surface area contributed by atoms with Crippen LogP contribution in [-0.2, 0) is 16.0 Å². The van der Waals surface area contributed by atoms with Gasteiger partial charge in [0.1, 0.15) is 4.47 Å². The van der Waals surface area contributed by atoms with Crippen molar-refractivity contribution in [3.63, 3.8) is 0 Å². The first-order valence-corrected chi connectivity index (χ1v) is 9.56. The Kier molecular flexibility index (Phi) is 7.70. The molecule has 0 saturated heterocycles. The molecule has 28 heavy (non-hydrogen) atoms. The molecule has 0 fully saturated rings. The van der Waals surface area contributed by atoms with Gasteiger partial charge in [0.05, 0.1) is 55.7 Å². The summed E-state index contributed by atoms with van der Waals surface area (Å²) in [6.45, 7) is 2.04. The van der Waals surface area contributed by atoms with Crippen LogP contribution in [0.15, 0.2) is 21.0 Å². The first kappa shape index (κ1) is 21.6. The van der Waals surface area contributed by atoms with E-state index < -0.39 is 4.92 Å². The summed E-state index contributed by atoms with van der Waals surface area (Å²) >= 11 is 4.46. The molecule has 1 aromatic heterocycles. The minimum absolute atomic E-state index is 0.0667. The van der Waals surface area contributed by atoms with Crippen molar-refractivity contribution in [2.75, 3.05) is 26.3 Å². The zero-order chi connectivity index (χ0) is 20.7. The number of rotatable bonds is 9. The van der Waals surface area contributed by atoms with Crippen molar-refractivity contribution in [1.29, 1.82) is 0 Å². The molecule has 0 aliphatic heterocycles. The van der Waals surface area contributed by atoms with E-state index in [1.165, 1.54) is 37.8 Å². The fourth-order valence-corrected chi connectivity index (χ4v) is 3.39. The van der Waals surface area contributed by atoms with E-state index in [4.69, 9.17) is 14.2 Å². The van der Waals surface area contributed by atoms with E-state index in [0.29, 0.717) is 23.0 Å². The summed E-state index contributed by atoms with van der Waals surface area (Å²) in [7, 11) is 2.80. The predicted octanol–water partition coefficient (Wildman–Crippen LogP) is 3.38. The number of anilines is 1. The number of benzene rings is 1. The van der Waals surface area contributed by atoms with E-state index in [0.717, 1.165) is 0 Å². The number of nitrogens with one attached hydrogen (secondary N) is 1. The van der Waals surface area contributed by atoms with Gasteiger partial charge in [-0.05, 0) is 22.9 Å². The monoisotopic (exact) mass is 472 g/mol. The van der Waals surface area contributed by atoms with E-state index in [-0.39, 0.29) is 34.0 Å². The molecule has 12 heteroatoms. The van der Waals surface area contributed by atoms with Gasteiger partial charge in [-0.15, -0.1) is 11.3 Å². The van der Waals surface area contributed by atoms with Crippen LogP contribution in [0.4, 0.5) is 10.8 Å². The number of aromatic nitrogens is 1. The second-order valence-corrected chi connectivity index (χ2v) is 6.76. The van der Waals surface area contributed by atoms with Gasteiger partial charge in [0, 0.05) is 5.38 Å². The fraction of sp³-hybridized carbons (Fsp3) is 0.312. The average Bonchev–Trinajstić information content (AvgIpc) is 3.09. The average molecular weight is 473 g/mol. The van der Waals surface area contributed by atoms with Crippen LogP contribution in [0.2, 0.25) is 0 Å². The molecule has 2 rings (SSSR count). The molecule has 0 radical (unpaired) electrons. The van der Waals surface area contributed by atoms with Crippen LogP contribution in [0.25, 0.3) is 0 Å². The molecule has 1 heterocycles. The number of esters is 1. The van der Waals surface area contributed by atoms with Crippen LogP contribution in [0.5, 0.6) is 11.5 Å². The van der Waals surface area contributed by atoms with E-state index in [9.17, 15) is 14.9 Å². The quantitative estimate of drug-likeness (QED) is 0.254. The smallest absolute Gasteiger partial charge is 0.311 e. The van der Waals surface area contributed by atoms with Crippen LogP contribution in [0.3, 0.4) is 0 Å². The maximum atomic E-state index is 11.5. The number of carbonyl (C=O) groups is 1. The Morgan fingerprint density at radius 1 is 1.46 bits per heavy atom. The Hall–Kier alpha value is -2.73. The molecular weight excluding hydrogens is 456 g/mol. The first-order chi connectivity index (χ1) is 13.4. The molecule has 1 N–H and O–H groups in total. The zero-order valence-corrected chi connectivity index (χ0v) is 17.6. The minimum Gasteiger partial charge on any atom is -0.493 e. The number of hydrogen-bond acceptors (Lipinski definition) is 10. The highest BCUT2D eigenvalue weighted by atomic mass is 79.9. The third-order valence-electron chi connectivity index (χ3n) is 3.35. The lowest BCUT2D eigenvalue weighted by molar-refractivity contribution is -0.385. The highest BCUT2D eigenvalue weighted by molar-refractivity contribution is 9.10. The zero-order valence-electron chi connectivity index (χ0n) is 15.2. The summed E-state index contributed by atoms with van der Waals surface area (Å²) in [6, 6.07) is 1.26. The molecule has 1 aromatic carbocycles. The second-order valence-electron chi connectivity index (χ2n) is 5.11. The standard InChI is InChI=1S/C16H17BrN4O6S/c1-4-27-13(22)5-9-8-28-16(19-9)20-18-7-10-14(17)11(21(23)24)6-12(25-2)15(10)26-3/h6-8H,4-5H2,1-3H3,(H,19,20). The maximum absolute atomic E-state index is 11.5. The molecule has 0 amide bonds. The van der Waals surface area contributed by atoms with Gasteiger partial charge in [-0.3, -0.25) is 20.3 Å². The lowest BCUT2D eigenvalue weighted by Crippen LogP contribution is -2.07. The highest BCUT2D eigenvalue weighted by Crippen LogP contribution is 2.41. The molecule has 0 bridgehead atoms. The van der Waals surface area contributed by atoms with Gasteiger partial charge in [0.15, 0.2) is 11.5 Å². The van der Waals surface area contributed by atoms with Crippen LogP contribution in [0.1, 0.15) is 18.2 Å². The van der Waals surface area contributed by atoms with Crippen molar-refractivity contribution in [2.45, 2.75) is 13.3 Å². The maximum Gasteiger partial charge on any atom is 0.311 e. The Balaban J connectivity index is 2.22. The lowest BCUT2D eigenvalue weighted by atomic mass is 10.1. The van der Waals surface area contributed by atoms with E-state index in [1.807, 2.05) is 0 Å². The van der Waals surface area contributed by atoms with Gasteiger partial charge in [-0.1, -0.05) is 0 Å². The van der Waals surface area contributed by atoms with Crippen molar-refractivity contribution in [3.05, 3.63) is 37.3 Å². The van der Waals surface area contributed by atoms with Crippen molar-refractivity contribution in [1.82, 2.24) is 4.98 Å². The number of halogens is 1. The molecule has 0 atom stereocenters. The number of hydrogen-bond donors (Lipinski definition) is 1. The second kappa shape index (κ2) is 9.99. The Morgan fingerprint density at radius 2 is 2.21 bits per heavy atom. The van der Waals surface area contributed by atoms with E-state index >= 15 is 0 Å². The van der Waals surface area contributed by atoms with Crippen LogP contribution in [0, 0.1) is 10.1 Å². The molecule has 0 unspecified atom stereocenters. The summed E-state index contributed by atoms with van der Waals surface area (Å²) in [5, 5.41) is 17.5. The summed E-state index contributed by atoms with van der Waals surface area (Å²) < 4.78 is 15.5. The molecule has 0 saturated carbocycles. The van der Waals surface area contributed by atoms with Gasteiger partial charge in [0.2, 0.25) is 5.13 Å². The Bertz CT molecular complexity index is 901. The fourth-order valence-electron chi connectivity index (χ4n) is 2.19. The number of methoxy groups -OCH3 is 2. The molecule has 10 nitrogen and oxygen atoms in total. The van der Waals surface area contributed by atoms with Gasteiger partial charge >= 0.3 is 5.97 Å². The van der Waals surface area contributed by atoms with Crippen molar-refractivity contribution >= 4 is 50.3 Å². The minimum atomic E-state index is -0.542. The van der Waals surface area contributed by atoms with Crippen molar-refractivity contribution in [3.8, 4) is 11.5 Å². The highest BCUT2D eigenvalue weighted by Gasteiger charge is 2.23. The van der Waals surface area contributed by atoms with Gasteiger partial charge in [-0.2, -0.15) is 5.10 Å². The number of nitro benzene ring substituents is 1. The molecule has 150 valence electrons. The van der Waals surface area contributed by atoms with Gasteiger partial charge < -0.3 is 14.2 Å². The van der Waals surface area contributed by atoms with Crippen molar-refractivity contribution in [2.24, 2.45) is 5.10 Å². The number of hydrazone groups is 1. The summed E-state index contributed by atoms with van der Waals surface area (Å²) in [6.07, 6.45) is 1.42. The number of thiazole rings is 1. The summed E-state index contributed by atoms with van der Waals surface area (Å²) in [5.74, 6) is 0.123. The molecule has 0 aliphatic carbocycles. The van der Waals surface area contributed by atoms with Crippen LogP contribution in [-0.4, -0.2) is 42.9 Å². The number of carbonyl (C=O) groups excluding carboxylic acids is 1. The third-order valence-corrected chi connectivity index (χ3v) is 4.98. The van der Waals surface area contributed by atoms with E-state index in [1.54, 1.807) is 12.3 Å². The van der Waals surface area contributed by atoms with Crippen LogP contribution >= 0.6 is 27.3 Å². The number of nitrogens with zero attached hydrogens (tertiary/aromatic N) is 3. The SMILES string of the molecule is CCOC(=O)Cc1csc(NN=Cc2c(Br)c([N+](=O)[O-])cc(OC)c2OC)n1. The van der Waals surface area contributed by atoms with Crippen LogP contribution < -0.4 is 14.9 Å². The number of nitro groups is 1. The largest absolute Gasteiger partial charge is 0.493 e. The molecule has 0 spiro atoms. The lowest BCUT2D eigenvalue weighted by Gasteiger charge is -2.12. The predicted molar refractivity (Wildman–Crippen MR) is 108 cm³/mol. The van der Waals surface area contributed by atoms with Gasteiger partial charge in [-0.25, -0.2) is 4.98 Å². The summed E-state index contributed by atoms with van der Waals surface area (Å²) in [5.41, 5.74) is 3.41. The molecule has 2 aromatic rings. The Morgan fingerprint density at radius 3 is 2.82 bits per heavy atom. The molecular formula is C16H17BrN4O6S.